The van der Waals surface area contributed by atoms with E-state index in [0.29, 0.717) is 41.9 Å². The van der Waals surface area contributed by atoms with E-state index in [1.54, 1.807) is 6.07 Å². The zero-order valence-corrected chi connectivity index (χ0v) is 21.9. The molecule has 2 unspecified atom stereocenters. The summed E-state index contributed by atoms with van der Waals surface area (Å²) >= 11 is 7.58. The number of halogens is 1. The fourth-order valence-corrected chi connectivity index (χ4v) is 5.76. The standard InChI is InChI=1S/C24H37ClN6O2S/c1-17-6-3-4-10-29(17)11-5-9-26-22(32)16-34-24-27-20(25)14-21(28-24)30-12-13-31(18(2)15-30)23(33)19-7-8-19/h14,17-19H,3-13,15-16H2,1-2H3,(H,26,32). The summed E-state index contributed by atoms with van der Waals surface area (Å²) in [6.07, 6.45) is 6.90. The maximum absolute atomic E-state index is 12.5. The van der Waals surface area contributed by atoms with Crippen LogP contribution in [-0.2, 0) is 9.59 Å². The molecule has 8 nitrogen and oxygen atoms in total. The molecule has 1 aliphatic carbocycles. The number of hydrogen-bond acceptors (Lipinski definition) is 7. The third kappa shape index (κ3) is 6.98. The van der Waals surface area contributed by atoms with Gasteiger partial charge in [0.2, 0.25) is 11.8 Å². The van der Waals surface area contributed by atoms with E-state index in [1.807, 2.05) is 4.90 Å². The van der Waals surface area contributed by atoms with E-state index in [-0.39, 0.29) is 23.6 Å². The number of piperidine rings is 1. The predicted molar refractivity (Wildman–Crippen MR) is 136 cm³/mol. The SMILES string of the molecule is CC1CCCCN1CCCNC(=O)CSc1nc(Cl)cc(N2CCN(C(=O)C3CC3)C(C)C2)n1. The van der Waals surface area contributed by atoms with Crippen molar-refractivity contribution in [3.05, 3.63) is 11.2 Å². The molecule has 0 radical (unpaired) electrons. The summed E-state index contributed by atoms with van der Waals surface area (Å²) in [4.78, 5) is 40.4. The number of anilines is 1. The molecule has 10 heteroatoms. The van der Waals surface area contributed by atoms with Gasteiger partial charge in [-0.15, -0.1) is 0 Å². The molecule has 2 saturated heterocycles. The molecule has 2 atom stereocenters. The number of hydrogen-bond donors (Lipinski definition) is 1. The van der Waals surface area contributed by atoms with Gasteiger partial charge in [-0.25, -0.2) is 9.97 Å². The van der Waals surface area contributed by atoms with Gasteiger partial charge in [-0.1, -0.05) is 29.8 Å². The van der Waals surface area contributed by atoms with Crippen LogP contribution in [0, 0.1) is 5.92 Å². The van der Waals surface area contributed by atoms with Crippen LogP contribution in [-0.4, -0.2) is 88.7 Å². The number of carbonyl (C=O) groups is 2. The van der Waals surface area contributed by atoms with E-state index in [0.717, 1.165) is 38.2 Å². The van der Waals surface area contributed by atoms with Gasteiger partial charge in [0.25, 0.3) is 0 Å². The van der Waals surface area contributed by atoms with Gasteiger partial charge in [0.15, 0.2) is 5.16 Å². The fraction of sp³-hybridized carbons (Fsp3) is 0.750. The molecule has 2 aliphatic heterocycles. The van der Waals surface area contributed by atoms with Gasteiger partial charge in [0.1, 0.15) is 11.0 Å². The third-order valence-electron chi connectivity index (χ3n) is 7.04. The first kappa shape index (κ1) is 25.5. The molecule has 0 aromatic carbocycles. The summed E-state index contributed by atoms with van der Waals surface area (Å²) in [7, 11) is 0. The van der Waals surface area contributed by atoms with Gasteiger partial charge in [-0.05, 0) is 52.5 Å². The van der Waals surface area contributed by atoms with Crippen molar-refractivity contribution in [1.29, 1.82) is 0 Å². The molecule has 1 aromatic rings. The highest BCUT2D eigenvalue weighted by molar-refractivity contribution is 7.99. The number of amides is 2. The first-order chi connectivity index (χ1) is 16.4. The Kier molecular flexibility index (Phi) is 8.93. The average molecular weight is 509 g/mol. The second-order valence-corrected chi connectivity index (χ2v) is 11.1. The highest BCUT2D eigenvalue weighted by Gasteiger charge is 2.37. The zero-order valence-electron chi connectivity index (χ0n) is 20.3. The molecule has 3 heterocycles. The molecule has 188 valence electrons. The largest absolute Gasteiger partial charge is 0.355 e. The number of thioether (sulfide) groups is 1. The van der Waals surface area contributed by atoms with E-state index in [4.69, 9.17) is 11.6 Å². The maximum Gasteiger partial charge on any atom is 0.230 e. The maximum atomic E-state index is 12.5. The van der Waals surface area contributed by atoms with Crippen molar-refractivity contribution in [2.24, 2.45) is 5.92 Å². The smallest absolute Gasteiger partial charge is 0.230 e. The molecule has 1 saturated carbocycles. The van der Waals surface area contributed by atoms with Gasteiger partial charge < -0.3 is 20.0 Å². The molecule has 0 spiro atoms. The second-order valence-electron chi connectivity index (χ2n) is 9.81. The Balaban J connectivity index is 1.21. The minimum Gasteiger partial charge on any atom is -0.355 e. The van der Waals surface area contributed by atoms with Crippen molar-refractivity contribution in [3.8, 4) is 0 Å². The Bertz CT molecular complexity index is 870. The van der Waals surface area contributed by atoms with Gasteiger partial charge in [0.05, 0.1) is 5.75 Å². The van der Waals surface area contributed by atoms with E-state index >= 15 is 0 Å². The zero-order chi connectivity index (χ0) is 24.1. The number of piperazine rings is 1. The molecular formula is C24H37ClN6O2S. The summed E-state index contributed by atoms with van der Waals surface area (Å²) in [5.41, 5.74) is 0. The quantitative estimate of drug-likeness (QED) is 0.237. The van der Waals surface area contributed by atoms with E-state index in [2.05, 4.69) is 38.9 Å². The minimum atomic E-state index is -0.0114. The topological polar surface area (TPSA) is 81.7 Å². The number of rotatable bonds is 9. The predicted octanol–water partition coefficient (Wildman–Crippen LogP) is 3.05. The molecule has 3 fully saturated rings. The number of aromatic nitrogens is 2. The van der Waals surface area contributed by atoms with Crippen molar-refractivity contribution in [1.82, 2.24) is 25.1 Å². The van der Waals surface area contributed by atoms with Crippen molar-refractivity contribution >= 4 is 41.0 Å². The summed E-state index contributed by atoms with van der Waals surface area (Å²) < 4.78 is 0. The Morgan fingerprint density at radius 1 is 1.12 bits per heavy atom. The lowest BCUT2D eigenvalue weighted by Gasteiger charge is -2.40. The highest BCUT2D eigenvalue weighted by Crippen LogP contribution is 2.33. The molecule has 1 N–H and O–H groups in total. The lowest BCUT2D eigenvalue weighted by atomic mass is 10.0. The summed E-state index contributed by atoms with van der Waals surface area (Å²) in [6.45, 7) is 9.40. The molecular weight excluding hydrogens is 472 g/mol. The van der Waals surface area contributed by atoms with Crippen LogP contribution in [0.2, 0.25) is 5.15 Å². The second kappa shape index (κ2) is 11.9. The van der Waals surface area contributed by atoms with Crippen LogP contribution in [0.1, 0.15) is 52.4 Å². The molecule has 4 rings (SSSR count). The summed E-state index contributed by atoms with van der Waals surface area (Å²) in [5, 5.41) is 3.88. The first-order valence-corrected chi connectivity index (χ1v) is 14.0. The Labute approximate surface area is 212 Å². The van der Waals surface area contributed by atoms with Gasteiger partial charge in [-0.3, -0.25) is 9.59 Å². The van der Waals surface area contributed by atoms with Crippen molar-refractivity contribution < 1.29 is 9.59 Å². The van der Waals surface area contributed by atoms with E-state index in [1.165, 1.54) is 37.6 Å². The number of carbonyl (C=O) groups excluding carboxylic acids is 2. The normalized spacial score (nSPS) is 23.7. The summed E-state index contributed by atoms with van der Waals surface area (Å²) in [6, 6.07) is 2.54. The summed E-state index contributed by atoms with van der Waals surface area (Å²) in [5.74, 6) is 1.54. The van der Waals surface area contributed by atoms with Gasteiger partial charge in [0, 0.05) is 56.8 Å². The van der Waals surface area contributed by atoms with Crippen molar-refractivity contribution in [3.63, 3.8) is 0 Å². The van der Waals surface area contributed by atoms with Crippen LogP contribution in [0.15, 0.2) is 11.2 Å². The molecule has 34 heavy (non-hydrogen) atoms. The third-order valence-corrected chi connectivity index (χ3v) is 8.08. The van der Waals surface area contributed by atoms with Gasteiger partial charge >= 0.3 is 0 Å². The number of likely N-dealkylation sites (tertiary alicyclic amines) is 1. The minimum absolute atomic E-state index is 0.0114. The lowest BCUT2D eigenvalue weighted by Crippen LogP contribution is -2.54. The number of nitrogens with one attached hydrogen (secondary N) is 1. The first-order valence-electron chi connectivity index (χ1n) is 12.6. The Morgan fingerprint density at radius 3 is 2.68 bits per heavy atom. The van der Waals surface area contributed by atoms with Crippen LogP contribution >= 0.6 is 23.4 Å². The fourth-order valence-electron chi connectivity index (χ4n) is 4.85. The highest BCUT2D eigenvalue weighted by atomic mass is 35.5. The van der Waals surface area contributed by atoms with Gasteiger partial charge in [-0.2, -0.15) is 0 Å². The van der Waals surface area contributed by atoms with Crippen molar-refractivity contribution in [2.45, 2.75) is 69.6 Å². The molecule has 2 amide bonds. The van der Waals surface area contributed by atoms with Crippen LogP contribution < -0.4 is 10.2 Å². The number of nitrogens with zero attached hydrogens (tertiary/aromatic N) is 5. The van der Waals surface area contributed by atoms with Crippen LogP contribution in [0.4, 0.5) is 5.82 Å². The molecule has 3 aliphatic rings. The molecule has 1 aromatic heterocycles. The van der Waals surface area contributed by atoms with Crippen molar-refractivity contribution in [2.75, 3.05) is 49.9 Å². The molecule has 0 bridgehead atoms. The van der Waals surface area contributed by atoms with Crippen LogP contribution in [0.25, 0.3) is 0 Å². The van der Waals surface area contributed by atoms with Crippen LogP contribution in [0.3, 0.4) is 0 Å². The Hall–Kier alpha value is -1.58. The van der Waals surface area contributed by atoms with E-state index in [9.17, 15) is 9.59 Å². The Morgan fingerprint density at radius 2 is 1.94 bits per heavy atom. The average Bonchev–Trinajstić information content (AvgIpc) is 3.66. The lowest BCUT2D eigenvalue weighted by molar-refractivity contribution is -0.135. The van der Waals surface area contributed by atoms with Crippen LogP contribution in [0.5, 0.6) is 0 Å². The van der Waals surface area contributed by atoms with E-state index < -0.39 is 0 Å². The monoisotopic (exact) mass is 508 g/mol.